The van der Waals surface area contributed by atoms with Crippen molar-refractivity contribution in [1.29, 1.82) is 0 Å². The Bertz CT molecular complexity index is 1140. The zero-order valence-electron chi connectivity index (χ0n) is 16.3. The van der Waals surface area contributed by atoms with Crippen molar-refractivity contribution in [2.24, 2.45) is 0 Å². The molecule has 0 radical (unpaired) electrons. The van der Waals surface area contributed by atoms with Gasteiger partial charge in [0, 0.05) is 43.0 Å². The average Bonchev–Trinajstić information content (AvgIpc) is 3.36. The van der Waals surface area contributed by atoms with E-state index in [4.69, 9.17) is 4.74 Å². The number of rotatable bonds is 5. The third-order valence-corrected chi connectivity index (χ3v) is 6.04. The highest BCUT2D eigenvalue weighted by atomic mass is 32.2. The van der Waals surface area contributed by atoms with Gasteiger partial charge >= 0.3 is 0 Å². The molecule has 2 aromatic heterocycles. The highest BCUT2D eigenvalue weighted by Crippen LogP contribution is 2.27. The lowest BCUT2D eigenvalue weighted by Crippen LogP contribution is -2.17. The van der Waals surface area contributed by atoms with E-state index in [9.17, 15) is 0 Å². The number of benzene rings is 2. The van der Waals surface area contributed by atoms with Gasteiger partial charge in [-0.3, -0.25) is 5.32 Å². The van der Waals surface area contributed by atoms with Crippen molar-refractivity contribution in [3.63, 3.8) is 0 Å². The van der Waals surface area contributed by atoms with Crippen molar-refractivity contribution in [3.8, 4) is 0 Å². The van der Waals surface area contributed by atoms with Crippen molar-refractivity contribution in [2.45, 2.75) is 17.5 Å². The monoisotopic (exact) mass is 406 g/mol. The maximum Gasteiger partial charge on any atom is 0.211 e. The van der Waals surface area contributed by atoms with Gasteiger partial charge in [-0.25, -0.2) is 4.98 Å². The molecule has 1 fully saturated rings. The number of nitrogens with one attached hydrogen (secondary N) is 2. The summed E-state index contributed by atoms with van der Waals surface area (Å²) in [5.41, 5.74) is 4.92. The van der Waals surface area contributed by atoms with Gasteiger partial charge in [-0.2, -0.15) is 0 Å². The number of nitrogens with zero attached hydrogens (tertiary/aromatic N) is 4. The second-order valence-electron chi connectivity index (χ2n) is 7.31. The fourth-order valence-corrected chi connectivity index (χ4v) is 4.29. The zero-order valence-corrected chi connectivity index (χ0v) is 17.1. The molecule has 0 spiro atoms. The van der Waals surface area contributed by atoms with Crippen LogP contribution in [-0.4, -0.2) is 52.7 Å². The summed E-state index contributed by atoms with van der Waals surface area (Å²) in [6.45, 7) is 0.801. The highest BCUT2D eigenvalue weighted by molar-refractivity contribution is 7.99. The number of anilines is 1. The summed E-state index contributed by atoms with van der Waals surface area (Å²) in [7, 11) is 4.08. The van der Waals surface area contributed by atoms with Crippen LogP contribution in [0.5, 0.6) is 0 Å². The summed E-state index contributed by atoms with van der Waals surface area (Å²) in [6.07, 6.45) is 0.0209. The molecule has 2 aromatic carbocycles. The normalized spacial score (nSPS) is 19.2. The molecule has 29 heavy (non-hydrogen) atoms. The summed E-state index contributed by atoms with van der Waals surface area (Å²) in [5.74, 6) is 0.771. The van der Waals surface area contributed by atoms with E-state index in [2.05, 4.69) is 54.6 Å². The maximum absolute atomic E-state index is 6.18. The van der Waals surface area contributed by atoms with Crippen LogP contribution in [-0.2, 0) is 4.74 Å². The van der Waals surface area contributed by atoms with Gasteiger partial charge in [0.1, 0.15) is 11.7 Å². The summed E-state index contributed by atoms with van der Waals surface area (Å²) in [6, 6.07) is 16.5. The minimum absolute atomic E-state index is 0.0768. The number of para-hydroxylation sites is 1. The van der Waals surface area contributed by atoms with Gasteiger partial charge in [0.15, 0.2) is 5.65 Å². The first-order valence-electron chi connectivity index (χ1n) is 9.57. The Morgan fingerprint density at radius 1 is 1.10 bits per heavy atom. The Labute approximate surface area is 172 Å². The largest absolute Gasteiger partial charge is 0.378 e. The fourth-order valence-electron chi connectivity index (χ4n) is 3.50. The molecule has 0 saturated carbocycles. The first-order valence-corrected chi connectivity index (χ1v) is 10.6. The van der Waals surface area contributed by atoms with E-state index in [1.807, 2.05) is 38.4 Å². The number of aromatic nitrogens is 4. The van der Waals surface area contributed by atoms with Crippen LogP contribution >= 0.6 is 11.8 Å². The molecule has 7 nitrogen and oxygen atoms in total. The number of hydrogen-bond donors (Lipinski definition) is 2. The zero-order chi connectivity index (χ0) is 19.8. The molecule has 8 heteroatoms. The summed E-state index contributed by atoms with van der Waals surface area (Å²) in [4.78, 5) is 10.0. The molecule has 148 valence electrons. The predicted molar refractivity (Wildman–Crippen MR) is 116 cm³/mol. The van der Waals surface area contributed by atoms with Crippen LogP contribution in [0.2, 0.25) is 0 Å². The Morgan fingerprint density at radius 2 is 1.93 bits per heavy atom. The smallest absolute Gasteiger partial charge is 0.211 e. The molecule has 1 aliphatic heterocycles. The molecular weight excluding hydrogens is 384 g/mol. The highest BCUT2D eigenvalue weighted by Gasteiger charge is 2.26. The standard InChI is InChI=1S/C21H22N6OS/c1-27(2)14-9-7-13(8-10-14)20-22-11-15(28-20)12-29-21-24-19-18(25-26-21)16-5-3-4-6-17(16)23-19/h3-10,15,20,22H,11-12H2,1-2H3,(H,23,24,26)/t15-,20-/m1/s1. The van der Waals surface area contributed by atoms with Crippen LogP contribution in [0.15, 0.2) is 53.7 Å². The van der Waals surface area contributed by atoms with Gasteiger partial charge in [0.05, 0.1) is 6.10 Å². The Balaban J connectivity index is 1.23. The fraction of sp³-hybridized carbons (Fsp3) is 0.286. The van der Waals surface area contributed by atoms with Gasteiger partial charge in [0.25, 0.3) is 0 Å². The minimum Gasteiger partial charge on any atom is -0.378 e. The minimum atomic E-state index is -0.0768. The van der Waals surface area contributed by atoms with Crippen molar-refractivity contribution in [3.05, 3.63) is 54.1 Å². The first-order chi connectivity index (χ1) is 14.2. The molecule has 0 amide bonds. The van der Waals surface area contributed by atoms with Gasteiger partial charge in [-0.15, -0.1) is 10.2 Å². The molecule has 0 unspecified atom stereocenters. The summed E-state index contributed by atoms with van der Waals surface area (Å²) >= 11 is 1.57. The molecule has 3 heterocycles. The van der Waals surface area contributed by atoms with E-state index in [0.717, 1.165) is 39.9 Å². The second-order valence-corrected chi connectivity index (χ2v) is 8.29. The molecule has 5 rings (SSSR count). The SMILES string of the molecule is CN(C)c1ccc([C@@H]2NC[C@H](CSc3nnc4c(n3)[nH]c3ccccc34)O2)cc1. The van der Waals surface area contributed by atoms with E-state index in [-0.39, 0.29) is 12.3 Å². The number of ether oxygens (including phenoxy) is 1. The molecule has 1 aliphatic rings. The van der Waals surface area contributed by atoms with E-state index < -0.39 is 0 Å². The Hall–Kier alpha value is -2.68. The number of aromatic amines is 1. The Kier molecular flexibility index (Phi) is 4.83. The van der Waals surface area contributed by atoms with Crippen molar-refractivity contribution in [1.82, 2.24) is 25.5 Å². The number of H-pyrrole nitrogens is 1. The maximum atomic E-state index is 6.18. The van der Waals surface area contributed by atoms with E-state index >= 15 is 0 Å². The third kappa shape index (κ3) is 3.66. The van der Waals surface area contributed by atoms with E-state index in [0.29, 0.717) is 5.16 Å². The van der Waals surface area contributed by atoms with Crippen LogP contribution in [0.25, 0.3) is 22.1 Å². The molecule has 2 atom stereocenters. The number of hydrogen-bond acceptors (Lipinski definition) is 7. The van der Waals surface area contributed by atoms with Crippen LogP contribution in [0.1, 0.15) is 11.8 Å². The summed E-state index contributed by atoms with van der Waals surface area (Å²) < 4.78 is 6.18. The van der Waals surface area contributed by atoms with Gasteiger partial charge in [-0.1, -0.05) is 42.1 Å². The van der Waals surface area contributed by atoms with Crippen LogP contribution < -0.4 is 10.2 Å². The lowest BCUT2D eigenvalue weighted by atomic mass is 10.2. The van der Waals surface area contributed by atoms with Gasteiger partial charge in [-0.05, 0) is 23.8 Å². The van der Waals surface area contributed by atoms with Crippen molar-refractivity contribution >= 4 is 39.5 Å². The molecule has 0 aliphatic carbocycles. The van der Waals surface area contributed by atoms with Crippen LogP contribution in [0.4, 0.5) is 5.69 Å². The van der Waals surface area contributed by atoms with Gasteiger partial charge < -0.3 is 14.6 Å². The average molecular weight is 407 g/mol. The quantitative estimate of drug-likeness (QED) is 0.492. The molecule has 0 bridgehead atoms. The van der Waals surface area contributed by atoms with Crippen molar-refractivity contribution in [2.75, 3.05) is 31.3 Å². The van der Waals surface area contributed by atoms with Crippen molar-refractivity contribution < 1.29 is 4.74 Å². The molecule has 1 saturated heterocycles. The number of thioether (sulfide) groups is 1. The lowest BCUT2D eigenvalue weighted by Gasteiger charge is -2.16. The lowest BCUT2D eigenvalue weighted by molar-refractivity contribution is 0.0534. The third-order valence-electron chi connectivity index (χ3n) is 5.07. The second kappa shape index (κ2) is 7.62. The van der Waals surface area contributed by atoms with Gasteiger partial charge in [0.2, 0.25) is 5.16 Å². The topological polar surface area (TPSA) is 79.0 Å². The first kappa shape index (κ1) is 18.4. The Morgan fingerprint density at radius 3 is 2.76 bits per heavy atom. The van der Waals surface area contributed by atoms with E-state index in [1.165, 1.54) is 5.69 Å². The molecular formula is C21H22N6OS. The predicted octanol–water partition coefficient (Wildman–Crippen LogP) is 3.35. The molecule has 2 N–H and O–H groups in total. The van der Waals surface area contributed by atoms with Crippen LogP contribution in [0, 0.1) is 0 Å². The number of fused-ring (bicyclic) bond motifs is 3. The van der Waals surface area contributed by atoms with E-state index in [1.54, 1.807) is 11.8 Å². The summed E-state index contributed by atoms with van der Waals surface area (Å²) in [5, 5.41) is 13.8. The van der Waals surface area contributed by atoms with Crippen LogP contribution in [0.3, 0.4) is 0 Å². The molecule has 4 aromatic rings.